The fourth-order valence-electron chi connectivity index (χ4n) is 3.58. The third-order valence-electron chi connectivity index (χ3n) is 4.99. The van der Waals surface area contributed by atoms with Crippen LogP contribution >= 0.6 is 11.8 Å². The standard InChI is InChI=1S/C24H22N2O3S/c1-28-17-12-11-16(22(13-17)29-2)14-25-26-23(27)15-30-24-20-9-5-3-7-18(20)19-8-4-6-10-21(19)24/h3-14,24H,15H2,1-2H3,(H,26,27)/b25-14-. The summed E-state index contributed by atoms with van der Waals surface area (Å²) in [6.07, 6.45) is 1.57. The molecule has 1 amide bonds. The predicted octanol–water partition coefficient (Wildman–Crippen LogP) is 4.66. The first-order valence-electron chi connectivity index (χ1n) is 9.55. The van der Waals surface area contributed by atoms with Crippen LogP contribution in [0.1, 0.15) is 21.9 Å². The summed E-state index contributed by atoms with van der Waals surface area (Å²) < 4.78 is 10.5. The highest BCUT2D eigenvalue weighted by atomic mass is 32.2. The Kier molecular flexibility index (Phi) is 6.05. The van der Waals surface area contributed by atoms with Gasteiger partial charge in [-0.25, -0.2) is 5.43 Å². The molecular formula is C24H22N2O3S. The van der Waals surface area contributed by atoms with Crippen molar-refractivity contribution in [3.63, 3.8) is 0 Å². The van der Waals surface area contributed by atoms with Gasteiger partial charge in [0.05, 0.1) is 31.4 Å². The van der Waals surface area contributed by atoms with E-state index in [1.54, 1.807) is 38.3 Å². The van der Waals surface area contributed by atoms with Gasteiger partial charge in [0.2, 0.25) is 5.91 Å². The highest BCUT2D eigenvalue weighted by Crippen LogP contribution is 2.49. The smallest absolute Gasteiger partial charge is 0.250 e. The molecule has 0 aromatic heterocycles. The van der Waals surface area contributed by atoms with E-state index in [9.17, 15) is 4.79 Å². The lowest BCUT2D eigenvalue weighted by atomic mass is 10.1. The second-order valence-corrected chi connectivity index (χ2v) is 7.86. The number of nitrogens with one attached hydrogen (secondary N) is 1. The van der Waals surface area contributed by atoms with Crippen molar-refractivity contribution in [3.8, 4) is 22.6 Å². The molecule has 6 heteroatoms. The van der Waals surface area contributed by atoms with Crippen LogP contribution in [0.15, 0.2) is 71.8 Å². The van der Waals surface area contributed by atoms with Crippen LogP contribution < -0.4 is 14.9 Å². The van der Waals surface area contributed by atoms with Gasteiger partial charge in [-0.2, -0.15) is 5.10 Å². The maximum atomic E-state index is 12.4. The van der Waals surface area contributed by atoms with Crippen molar-refractivity contribution in [3.05, 3.63) is 83.4 Å². The van der Waals surface area contributed by atoms with Gasteiger partial charge in [-0.15, -0.1) is 11.8 Å². The van der Waals surface area contributed by atoms with E-state index in [0.29, 0.717) is 17.3 Å². The lowest BCUT2D eigenvalue weighted by molar-refractivity contribution is -0.118. The van der Waals surface area contributed by atoms with Crippen molar-refractivity contribution in [2.24, 2.45) is 5.10 Å². The summed E-state index contributed by atoms with van der Waals surface area (Å²) >= 11 is 1.61. The molecule has 0 spiro atoms. The minimum Gasteiger partial charge on any atom is -0.497 e. The van der Waals surface area contributed by atoms with Crippen LogP contribution in [0.2, 0.25) is 0 Å². The summed E-state index contributed by atoms with van der Waals surface area (Å²) in [5.74, 6) is 1.48. The number of ether oxygens (including phenoxy) is 2. The SMILES string of the molecule is COc1ccc(/C=N\NC(=O)CSC2c3ccccc3-c3ccccc32)c(OC)c1. The van der Waals surface area contributed by atoms with E-state index < -0.39 is 0 Å². The summed E-state index contributed by atoms with van der Waals surface area (Å²) in [5, 5.41) is 4.23. The van der Waals surface area contributed by atoms with E-state index >= 15 is 0 Å². The highest BCUT2D eigenvalue weighted by Gasteiger charge is 2.28. The number of hydrogen-bond donors (Lipinski definition) is 1. The molecule has 0 atom stereocenters. The number of methoxy groups -OCH3 is 2. The van der Waals surface area contributed by atoms with Gasteiger partial charge >= 0.3 is 0 Å². The molecular weight excluding hydrogens is 396 g/mol. The molecule has 3 aromatic rings. The Hall–Kier alpha value is -3.25. The monoisotopic (exact) mass is 418 g/mol. The lowest BCUT2D eigenvalue weighted by Crippen LogP contribution is -2.20. The summed E-state index contributed by atoms with van der Waals surface area (Å²) in [6.45, 7) is 0. The minimum absolute atomic E-state index is 0.147. The largest absolute Gasteiger partial charge is 0.497 e. The molecule has 152 valence electrons. The first-order valence-corrected chi connectivity index (χ1v) is 10.6. The summed E-state index contributed by atoms with van der Waals surface area (Å²) in [6, 6.07) is 22.2. The summed E-state index contributed by atoms with van der Waals surface area (Å²) in [5.41, 5.74) is 8.36. The number of carbonyl (C=O) groups is 1. The first-order chi connectivity index (χ1) is 14.7. The van der Waals surface area contributed by atoms with Crippen LogP contribution in [0.3, 0.4) is 0 Å². The van der Waals surface area contributed by atoms with Crippen molar-refractivity contribution in [2.75, 3.05) is 20.0 Å². The molecule has 1 aliphatic rings. The van der Waals surface area contributed by atoms with Gasteiger partial charge in [-0.3, -0.25) is 4.79 Å². The Morgan fingerprint density at radius 1 is 1.00 bits per heavy atom. The quantitative estimate of drug-likeness (QED) is 0.448. The Morgan fingerprint density at radius 3 is 2.30 bits per heavy atom. The zero-order valence-corrected chi connectivity index (χ0v) is 17.6. The van der Waals surface area contributed by atoms with Crippen LogP contribution in [-0.2, 0) is 4.79 Å². The van der Waals surface area contributed by atoms with Crippen LogP contribution in [0.4, 0.5) is 0 Å². The molecule has 0 saturated carbocycles. The van der Waals surface area contributed by atoms with Crippen molar-refractivity contribution < 1.29 is 14.3 Å². The van der Waals surface area contributed by atoms with E-state index in [2.05, 4.69) is 46.9 Å². The molecule has 0 bridgehead atoms. The molecule has 0 heterocycles. The molecule has 1 N–H and O–H groups in total. The van der Waals surface area contributed by atoms with E-state index in [0.717, 1.165) is 5.56 Å². The zero-order valence-electron chi connectivity index (χ0n) is 16.8. The van der Waals surface area contributed by atoms with Gasteiger partial charge in [0, 0.05) is 11.6 Å². The second kappa shape index (κ2) is 9.05. The second-order valence-electron chi connectivity index (χ2n) is 6.77. The van der Waals surface area contributed by atoms with Crippen molar-refractivity contribution in [1.82, 2.24) is 5.43 Å². The topological polar surface area (TPSA) is 59.9 Å². The molecule has 0 saturated heterocycles. The number of hydrazone groups is 1. The van der Waals surface area contributed by atoms with E-state index in [-0.39, 0.29) is 11.2 Å². The minimum atomic E-state index is -0.148. The number of rotatable bonds is 7. The number of nitrogens with zero attached hydrogens (tertiary/aromatic N) is 1. The van der Waals surface area contributed by atoms with E-state index in [4.69, 9.17) is 9.47 Å². The Morgan fingerprint density at radius 2 is 1.67 bits per heavy atom. The number of fused-ring (bicyclic) bond motifs is 3. The maximum absolute atomic E-state index is 12.4. The van der Waals surface area contributed by atoms with Gasteiger partial charge in [0.15, 0.2) is 0 Å². The van der Waals surface area contributed by atoms with Gasteiger partial charge < -0.3 is 9.47 Å². The summed E-state index contributed by atoms with van der Waals surface area (Å²) in [7, 11) is 3.18. The average molecular weight is 419 g/mol. The number of amides is 1. The zero-order chi connectivity index (χ0) is 20.9. The molecule has 5 nitrogen and oxygen atoms in total. The lowest BCUT2D eigenvalue weighted by Gasteiger charge is -2.12. The number of thioether (sulfide) groups is 1. The maximum Gasteiger partial charge on any atom is 0.250 e. The molecule has 0 aliphatic heterocycles. The Labute approximate surface area is 180 Å². The van der Waals surface area contributed by atoms with Crippen LogP contribution in [0.25, 0.3) is 11.1 Å². The third kappa shape index (κ3) is 4.04. The first kappa shape index (κ1) is 20.0. The number of carbonyl (C=O) groups excluding carboxylic acids is 1. The normalized spacial score (nSPS) is 12.5. The van der Waals surface area contributed by atoms with Gasteiger partial charge in [-0.05, 0) is 34.4 Å². The highest BCUT2D eigenvalue weighted by molar-refractivity contribution is 8.00. The fourth-order valence-corrected chi connectivity index (χ4v) is 4.73. The van der Waals surface area contributed by atoms with Crippen molar-refractivity contribution in [2.45, 2.75) is 5.25 Å². The van der Waals surface area contributed by atoms with Crippen molar-refractivity contribution in [1.29, 1.82) is 0 Å². The van der Waals surface area contributed by atoms with Crippen LogP contribution in [0, 0.1) is 0 Å². The third-order valence-corrected chi connectivity index (χ3v) is 6.26. The molecule has 0 unspecified atom stereocenters. The van der Waals surface area contributed by atoms with Crippen LogP contribution in [0.5, 0.6) is 11.5 Å². The summed E-state index contributed by atoms with van der Waals surface area (Å²) in [4.78, 5) is 12.4. The van der Waals surface area contributed by atoms with Crippen molar-refractivity contribution >= 4 is 23.9 Å². The van der Waals surface area contributed by atoms with Crippen LogP contribution in [-0.4, -0.2) is 32.1 Å². The van der Waals surface area contributed by atoms with Gasteiger partial charge in [0.1, 0.15) is 11.5 Å². The molecule has 0 fully saturated rings. The molecule has 3 aromatic carbocycles. The van der Waals surface area contributed by atoms with E-state index in [1.807, 2.05) is 24.3 Å². The molecule has 4 rings (SSSR count). The Bertz CT molecular complexity index is 1050. The predicted molar refractivity (Wildman–Crippen MR) is 121 cm³/mol. The number of hydrogen-bond acceptors (Lipinski definition) is 5. The Balaban J connectivity index is 1.40. The number of benzene rings is 3. The molecule has 1 aliphatic carbocycles. The molecule has 30 heavy (non-hydrogen) atoms. The van der Waals surface area contributed by atoms with E-state index in [1.165, 1.54) is 22.3 Å². The molecule has 0 radical (unpaired) electrons. The van der Waals surface area contributed by atoms with Gasteiger partial charge in [0.25, 0.3) is 0 Å². The fraction of sp³-hybridized carbons (Fsp3) is 0.167. The average Bonchev–Trinajstić information content (AvgIpc) is 3.11. The van der Waals surface area contributed by atoms with Gasteiger partial charge in [-0.1, -0.05) is 48.5 Å².